The molecule has 26 heavy (non-hydrogen) atoms. The van der Waals surface area contributed by atoms with Crippen LogP contribution < -0.4 is 10.6 Å². The van der Waals surface area contributed by atoms with Crippen LogP contribution in [0.4, 0.5) is 0 Å². The van der Waals surface area contributed by atoms with Crippen LogP contribution in [0.1, 0.15) is 47.8 Å². The number of benzene rings is 1. The minimum Gasteiger partial charge on any atom is -0.357 e. The van der Waals surface area contributed by atoms with E-state index >= 15 is 0 Å². The molecular formula is C20H32IN5. The smallest absolute Gasteiger partial charge is 0.191 e. The fraction of sp³-hybridized carbons (Fsp3) is 0.500. The molecule has 0 fully saturated rings. The number of nitrogens with one attached hydrogen (secondary N) is 2. The number of guanidine groups is 1. The van der Waals surface area contributed by atoms with Gasteiger partial charge in [-0.05, 0) is 39.2 Å². The number of aryl methyl sites for hydroxylation is 3. The maximum atomic E-state index is 4.74. The molecule has 1 aromatic carbocycles. The number of halogens is 1. The summed E-state index contributed by atoms with van der Waals surface area (Å²) in [5, 5.41) is 11.2. The summed E-state index contributed by atoms with van der Waals surface area (Å²) in [6, 6.07) is 8.74. The molecule has 0 saturated heterocycles. The average molecular weight is 469 g/mol. The molecule has 0 aliphatic rings. The van der Waals surface area contributed by atoms with Crippen LogP contribution in [0.2, 0.25) is 0 Å². The molecule has 2 rings (SSSR count). The molecule has 1 heterocycles. The van der Waals surface area contributed by atoms with E-state index in [-0.39, 0.29) is 24.0 Å². The number of aliphatic imine (C=N–C) groups is 1. The van der Waals surface area contributed by atoms with E-state index in [2.05, 4.69) is 67.7 Å². The third-order valence-electron chi connectivity index (χ3n) is 4.62. The summed E-state index contributed by atoms with van der Waals surface area (Å²) in [6.45, 7) is 12.9. The number of rotatable bonds is 6. The molecular weight excluding hydrogens is 437 g/mol. The van der Waals surface area contributed by atoms with Gasteiger partial charge in [0.15, 0.2) is 5.96 Å². The van der Waals surface area contributed by atoms with Gasteiger partial charge in [-0.25, -0.2) is 4.99 Å². The predicted octanol–water partition coefficient (Wildman–Crippen LogP) is 3.82. The summed E-state index contributed by atoms with van der Waals surface area (Å²) in [6.07, 6.45) is 0. The van der Waals surface area contributed by atoms with E-state index in [1.54, 1.807) is 0 Å². The van der Waals surface area contributed by atoms with Crippen LogP contribution in [0.15, 0.2) is 29.3 Å². The Labute approximate surface area is 174 Å². The minimum absolute atomic E-state index is 0. The van der Waals surface area contributed by atoms with E-state index in [0.717, 1.165) is 24.7 Å². The van der Waals surface area contributed by atoms with Crippen molar-refractivity contribution in [3.8, 4) is 0 Å². The molecule has 0 aliphatic heterocycles. The van der Waals surface area contributed by atoms with E-state index in [1.807, 2.05) is 18.7 Å². The van der Waals surface area contributed by atoms with Gasteiger partial charge >= 0.3 is 0 Å². The molecule has 1 unspecified atom stereocenters. The van der Waals surface area contributed by atoms with Crippen molar-refractivity contribution in [1.82, 2.24) is 20.4 Å². The highest BCUT2D eigenvalue weighted by atomic mass is 127. The summed E-state index contributed by atoms with van der Waals surface area (Å²) < 4.78 is 1.92. The lowest BCUT2D eigenvalue weighted by Gasteiger charge is -2.16. The molecule has 2 N–H and O–H groups in total. The van der Waals surface area contributed by atoms with Crippen molar-refractivity contribution >= 4 is 29.9 Å². The van der Waals surface area contributed by atoms with Crippen molar-refractivity contribution in [3.63, 3.8) is 0 Å². The van der Waals surface area contributed by atoms with Crippen LogP contribution in [0.5, 0.6) is 0 Å². The molecule has 0 aliphatic carbocycles. The largest absolute Gasteiger partial charge is 0.357 e. The first kappa shape index (κ1) is 22.5. The highest BCUT2D eigenvalue weighted by Crippen LogP contribution is 2.15. The molecule has 1 atom stereocenters. The van der Waals surface area contributed by atoms with Crippen LogP contribution in [0.3, 0.4) is 0 Å². The average Bonchev–Trinajstić information content (AvgIpc) is 2.83. The van der Waals surface area contributed by atoms with Crippen molar-refractivity contribution in [1.29, 1.82) is 0 Å². The van der Waals surface area contributed by atoms with Gasteiger partial charge in [0, 0.05) is 31.4 Å². The zero-order valence-electron chi connectivity index (χ0n) is 16.8. The quantitative estimate of drug-likeness (QED) is 0.384. The standard InChI is InChI=1S/C20H31N5.HI/c1-7-21-20(23-13-19-16(4)24-25(6)17(19)5)22-12-15(3)18-10-8-14(2)9-11-18;/h8-11,15H,7,12-13H2,1-6H3,(H2,21,22,23);1H. The summed E-state index contributed by atoms with van der Waals surface area (Å²) >= 11 is 0. The summed E-state index contributed by atoms with van der Waals surface area (Å²) in [5.74, 6) is 1.27. The maximum Gasteiger partial charge on any atom is 0.191 e. The van der Waals surface area contributed by atoms with E-state index in [0.29, 0.717) is 12.5 Å². The van der Waals surface area contributed by atoms with Gasteiger partial charge < -0.3 is 10.6 Å². The van der Waals surface area contributed by atoms with Gasteiger partial charge in [-0.2, -0.15) is 5.10 Å². The number of aromatic nitrogens is 2. The van der Waals surface area contributed by atoms with E-state index in [9.17, 15) is 0 Å². The monoisotopic (exact) mass is 469 g/mol. The molecule has 2 aromatic rings. The normalized spacial score (nSPS) is 12.5. The van der Waals surface area contributed by atoms with Crippen LogP contribution >= 0.6 is 24.0 Å². The highest BCUT2D eigenvalue weighted by Gasteiger charge is 2.10. The molecule has 0 amide bonds. The Morgan fingerprint density at radius 2 is 1.81 bits per heavy atom. The number of nitrogens with zero attached hydrogens (tertiary/aromatic N) is 3. The van der Waals surface area contributed by atoms with Gasteiger partial charge in [0.05, 0.1) is 12.2 Å². The molecule has 1 aromatic heterocycles. The molecule has 144 valence electrons. The molecule has 0 bridgehead atoms. The SMILES string of the molecule is CCNC(=NCc1c(C)nn(C)c1C)NCC(C)c1ccc(C)cc1.I. The molecule has 0 saturated carbocycles. The predicted molar refractivity (Wildman–Crippen MR) is 121 cm³/mol. The highest BCUT2D eigenvalue weighted by molar-refractivity contribution is 14.0. The first-order chi connectivity index (χ1) is 11.9. The van der Waals surface area contributed by atoms with Gasteiger partial charge in [0.1, 0.15) is 0 Å². The van der Waals surface area contributed by atoms with Crippen molar-refractivity contribution in [2.75, 3.05) is 13.1 Å². The molecule has 0 radical (unpaired) electrons. The topological polar surface area (TPSA) is 54.2 Å². The van der Waals surface area contributed by atoms with E-state index in [4.69, 9.17) is 4.99 Å². The van der Waals surface area contributed by atoms with Crippen molar-refractivity contribution in [2.45, 2.75) is 47.1 Å². The maximum absolute atomic E-state index is 4.74. The van der Waals surface area contributed by atoms with Gasteiger partial charge in [-0.1, -0.05) is 36.8 Å². The first-order valence-corrected chi connectivity index (χ1v) is 9.00. The van der Waals surface area contributed by atoms with Crippen LogP contribution in [-0.4, -0.2) is 28.8 Å². The lowest BCUT2D eigenvalue weighted by atomic mass is 10.0. The second-order valence-electron chi connectivity index (χ2n) is 6.66. The van der Waals surface area contributed by atoms with Crippen molar-refractivity contribution in [3.05, 3.63) is 52.3 Å². The summed E-state index contributed by atoms with van der Waals surface area (Å²) in [7, 11) is 1.97. The van der Waals surface area contributed by atoms with Gasteiger partial charge in [0.2, 0.25) is 0 Å². The third kappa shape index (κ3) is 6.00. The summed E-state index contributed by atoms with van der Waals surface area (Å²) in [5.41, 5.74) is 6.05. The Morgan fingerprint density at radius 3 is 2.35 bits per heavy atom. The Bertz CT molecular complexity index is 719. The van der Waals surface area contributed by atoms with E-state index in [1.165, 1.54) is 22.4 Å². The van der Waals surface area contributed by atoms with Crippen LogP contribution in [0.25, 0.3) is 0 Å². The zero-order chi connectivity index (χ0) is 18.4. The second kappa shape index (κ2) is 10.5. The lowest BCUT2D eigenvalue weighted by Crippen LogP contribution is -2.39. The Kier molecular flexibility index (Phi) is 9.12. The Morgan fingerprint density at radius 1 is 1.15 bits per heavy atom. The lowest BCUT2D eigenvalue weighted by molar-refractivity contribution is 0.699. The van der Waals surface area contributed by atoms with Gasteiger partial charge in [-0.15, -0.1) is 24.0 Å². The molecule has 5 nitrogen and oxygen atoms in total. The summed E-state index contributed by atoms with van der Waals surface area (Å²) in [4.78, 5) is 4.74. The molecule has 6 heteroatoms. The Balaban J connectivity index is 0.00000338. The fourth-order valence-corrected chi connectivity index (χ4v) is 2.81. The van der Waals surface area contributed by atoms with Crippen molar-refractivity contribution in [2.24, 2.45) is 12.0 Å². The van der Waals surface area contributed by atoms with Gasteiger partial charge in [-0.3, -0.25) is 4.68 Å². The van der Waals surface area contributed by atoms with Crippen molar-refractivity contribution < 1.29 is 0 Å². The first-order valence-electron chi connectivity index (χ1n) is 9.00. The van der Waals surface area contributed by atoms with Crippen LogP contribution in [0, 0.1) is 20.8 Å². The zero-order valence-corrected chi connectivity index (χ0v) is 19.1. The third-order valence-corrected chi connectivity index (χ3v) is 4.62. The van der Waals surface area contributed by atoms with Crippen LogP contribution in [-0.2, 0) is 13.6 Å². The number of hydrogen-bond acceptors (Lipinski definition) is 2. The van der Waals surface area contributed by atoms with E-state index < -0.39 is 0 Å². The minimum atomic E-state index is 0. The second-order valence-corrected chi connectivity index (χ2v) is 6.66. The Hall–Kier alpha value is -1.57. The number of hydrogen-bond donors (Lipinski definition) is 2. The van der Waals surface area contributed by atoms with Gasteiger partial charge in [0.25, 0.3) is 0 Å². The molecule has 0 spiro atoms. The fourth-order valence-electron chi connectivity index (χ4n) is 2.81.